The lowest BCUT2D eigenvalue weighted by atomic mass is 9.47. The fourth-order valence-electron chi connectivity index (χ4n) is 14.6. The minimum Gasteiger partial charge on any atom is -0.276 e. The molecule has 0 radical (unpaired) electrons. The number of benzene rings is 4. The van der Waals surface area contributed by atoms with E-state index < -0.39 is 15.9 Å². The Labute approximate surface area is 311 Å². The highest BCUT2D eigenvalue weighted by Gasteiger charge is 2.56. The maximum Gasteiger partial charge on any atom is 0.252 e. The highest BCUT2D eigenvalue weighted by atomic mass is 35.5. The van der Waals surface area contributed by atoms with Crippen LogP contribution in [0.15, 0.2) is 84.9 Å². The largest absolute Gasteiger partial charge is 0.276 e. The average Bonchev–Trinajstić information content (AvgIpc) is 3.40. The summed E-state index contributed by atoms with van der Waals surface area (Å²) in [4.78, 5) is 27.0. The van der Waals surface area contributed by atoms with Crippen molar-refractivity contribution in [3.05, 3.63) is 129 Å². The number of rotatable bonds is 6. The monoisotopic (exact) mass is 710 g/mol. The van der Waals surface area contributed by atoms with Crippen molar-refractivity contribution in [1.29, 1.82) is 0 Å². The normalized spacial score (nSPS) is 34.4. The third-order valence-corrected chi connectivity index (χ3v) is 15.9. The fourth-order valence-corrected chi connectivity index (χ4v) is 14.9. The fraction of sp³-hybridized carbons (Fsp3) is 0.447. The van der Waals surface area contributed by atoms with Gasteiger partial charge in [0, 0.05) is 11.1 Å². The number of halogens is 2. The van der Waals surface area contributed by atoms with Gasteiger partial charge in [0.1, 0.15) is 0 Å². The Morgan fingerprint density at radius 3 is 1.12 bits per heavy atom. The lowest BCUT2D eigenvalue weighted by Crippen LogP contribution is -2.48. The Bertz CT molecular complexity index is 1940. The molecule has 9 aliphatic rings. The molecule has 0 N–H and O–H groups in total. The Balaban J connectivity index is 1.22. The first-order chi connectivity index (χ1) is 24.7. The van der Waals surface area contributed by atoms with Crippen LogP contribution in [-0.2, 0) is 16.2 Å². The van der Waals surface area contributed by atoms with Crippen molar-refractivity contribution in [3.63, 3.8) is 0 Å². The van der Waals surface area contributed by atoms with Gasteiger partial charge >= 0.3 is 0 Å². The van der Waals surface area contributed by atoms with Crippen LogP contribution < -0.4 is 0 Å². The van der Waals surface area contributed by atoms with Crippen molar-refractivity contribution in [2.75, 3.05) is 0 Å². The van der Waals surface area contributed by atoms with Crippen LogP contribution in [0.5, 0.6) is 0 Å². The van der Waals surface area contributed by atoms with E-state index in [0.717, 1.165) is 57.8 Å². The van der Waals surface area contributed by atoms with E-state index in [2.05, 4.69) is 48.5 Å². The predicted molar refractivity (Wildman–Crippen MR) is 204 cm³/mol. The van der Waals surface area contributed by atoms with Gasteiger partial charge in [-0.3, -0.25) is 9.59 Å². The molecule has 4 aromatic rings. The summed E-state index contributed by atoms with van der Waals surface area (Å²) < 4.78 is 0. The van der Waals surface area contributed by atoms with Crippen LogP contribution in [0.1, 0.15) is 131 Å². The predicted octanol–water partition coefficient (Wildman–Crippen LogP) is 11.7. The molecule has 0 aromatic heterocycles. The van der Waals surface area contributed by atoms with Gasteiger partial charge in [-0.05, 0) is 203 Å². The first kappa shape index (κ1) is 31.3. The minimum atomic E-state index is -0.955. The Morgan fingerprint density at radius 1 is 0.451 bits per heavy atom. The van der Waals surface area contributed by atoms with E-state index in [9.17, 15) is 9.59 Å². The molecule has 0 unspecified atom stereocenters. The maximum atomic E-state index is 13.5. The summed E-state index contributed by atoms with van der Waals surface area (Å²) in [5.41, 5.74) is 9.58. The summed E-state index contributed by atoms with van der Waals surface area (Å²) in [7, 11) is 0. The molecular formula is C47H44Cl2O2. The zero-order chi connectivity index (χ0) is 34.3. The third kappa shape index (κ3) is 4.36. The van der Waals surface area contributed by atoms with E-state index in [4.69, 9.17) is 23.2 Å². The second kappa shape index (κ2) is 10.9. The molecule has 51 heavy (non-hydrogen) atoms. The first-order valence-corrected chi connectivity index (χ1v) is 20.4. The molecule has 13 rings (SSSR count). The maximum absolute atomic E-state index is 13.5. The van der Waals surface area contributed by atoms with Gasteiger partial charge < -0.3 is 0 Å². The summed E-state index contributed by atoms with van der Waals surface area (Å²) in [6, 6.07) is 30.4. The SMILES string of the molecule is O=C(Cl)c1ccccc1C1(c2ccccc2C(=O)Cl)c2cc(C34CC5CC(CC(C5)C3)C4)ccc2-c2ccc(C34CC5CC(CC(C5)C3)C4)cc21. The van der Waals surface area contributed by atoms with Crippen LogP contribution in [0.25, 0.3) is 11.1 Å². The molecule has 0 atom stereocenters. The molecule has 8 fully saturated rings. The van der Waals surface area contributed by atoms with Crippen molar-refractivity contribution in [3.8, 4) is 11.1 Å². The molecule has 9 aliphatic carbocycles. The van der Waals surface area contributed by atoms with Crippen molar-refractivity contribution in [2.45, 2.75) is 93.3 Å². The Hall–Kier alpha value is -3.20. The number of hydrogen-bond acceptors (Lipinski definition) is 2. The Kier molecular flexibility index (Phi) is 6.71. The molecule has 2 nitrogen and oxygen atoms in total. The highest BCUT2D eigenvalue weighted by molar-refractivity contribution is 6.68. The summed E-state index contributed by atoms with van der Waals surface area (Å²) in [6.07, 6.45) is 15.9. The van der Waals surface area contributed by atoms with Crippen LogP contribution in [-0.4, -0.2) is 10.5 Å². The number of carbonyl (C=O) groups excluding carboxylic acids is 2. The molecular weight excluding hydrogens is 667 g/mol. The number of carbonyl (C=O) groups is 2. The van der Waals surface area contributed by atoms with Gasteiger partial charge in [-0.15, -0.1) is 0 Å². The van der Waals surface area contributed by atoms with Gasteiger partial charge in [0.2, 0.25) is 0 Å². The van der Waals surface area contributed by atoms with Crippen molar-refractivity contribution in [1.82, 2.24) is 0 Å². The van der Waals surface area contributed by atoms with Gasteiger partial charge in [-0.25, -0.2) is 0 Å². The summed E-state index contributed by atoms with van der Waals surface area (Å²) in [5.74, 6) is 4.91. The van der Waals surface area contributed by atoms with E-state index in [0.29, 0.717) is 11.1 Å². The van der Waals surface area contributed by atoms with Crippen molar-refractivity contribution < 1.29 is 9.59 Å². The van der Waals surface area contributed by atoms with E-state index >= 15 is 0 Å². The first-order valence-electron chi connectivity index (χ1n) is 19.6. The second-order valence-corrected chi connectivity index (χ2v) is 19.0. The molecule has 8 saturated carbocycles. The quantitative estimate of drug-likeness (QED) is 0.164. The molecule has 0 aliphatic heterocycles. The second-order valence-electron chi connectivity index (χ2n) is 18.3. The lowest BCUT2D eigenvalue weighted by molar-refractivity contribution is -0.00530. The van der Waals surface area contributed by atoms with E-state index in [1.807, 2.05) is 36.4 Å². The topological polar surface area (TPSA) is 34.1 Å². The van der Waals surface area contributed by atoms with Crippen molar-refractivity contribution in [2.24, 2.45) is 35.5 Å². The van der Waals surface area contributed by atoms with E-state index in [1.54, 1.807) is 0 Å². The van der Waals surface area contributed by atoms with Crippen LogP contribution in [0.4, 0.5) is 0 Å². The van der Waals surface area contributed by atoms with Gasteiger partial charge in [0.05, 0.1) is 5.41 Å². The molecule has 0 saturated heterocycles. The number of fused-ring (bicyclic) bond motifs is 3. The van der Waals surface area contributed by atoms with Gasteiger partial charge in [0.25, 0.3) is 10.5 Å². The van der Waals surface area contributed by atoms with Crippen LogP contribution in [0.2, 0.25) is 0 Å². The van der Waals surface area contributed by atoms with E-state index in [1.165, 1.54) is 99.3 Å². The number of hydrogen-bond donors (Lipinski definition) is 0. The standard InChI is InChI=1S/C47H44Cl2O2/c48-43(50)37-5-1-3-7-39(37)47(40-8-4-2-6-38(40)44(49)51)41-19-33(45-21-27-13-28(22-45)15-29(14-27)23-45)9-11-35(41)36-12-10-34(20-42(36)47)46-24-30-16-31(25-46)18-32(17-30)26-46/h1-12,19-20,27-32H,13-18,21-26H2. The van der Waals surface area contributed by atoms with Crippen LogP contribution in [0.3, 0.4) is 0 Å². The lowest BCUT2D eigenvalue weighted by Gasteiger charge is -2.57. The zero-order valence-corrected chi connectivity index (χ0v) is 30.6. The molecule has 258 valence electrons. The summed E-state index contributed by atoms with van der Waals surface area (Å²) >= 11 is 13.1. The summed E-state index contributed by atoms with van der Waals surface area (Å²) in [6.45, 7) is 0. The third-order valence-electron chi connectivity index (χ3n) is 15.5. The molecule has 0 heterocycles. The summed E-state index contributed by atoms with van der Waals surface area (Å²) in [5, 5.41) is -0.965. The highest BCUT2D eigenvalue weighted by Crippen LogP contribution is 2.65. The van der Waals surface area contributed by atoms with Gasteiger partial charge in [-0.1, -0.05) is 72.8 Å². The van der Waals surface area contributed by atoms with E-state index in [-0.39, 0.29) is 10.8 Å². The smallest absolute Gasteiger partial charge is 0.252 e. The molecule has 0 spiro atoms. The molecule has 0 amide bonds. The van der Waals surface area contributed by atoms with Crippen LogP contribution >= 0.6 is 23.2 Å². The molecule has 8 bridgehead atoms. The molecule has 4 heteroatoms. The van der Waals surface area contributed by atoms with Gasteiger partial charge in [-0.2, -0.15) is 0 Å². The zero-order valence-electron chi connectivity index (χ0n) is 29.1. The van der Waals surface area contributed by atoms with Gasteiger partial charge in [0.15, 0.2) is 0 Å². The van der Waals surface area contributed by atoms with Crippen LogP contribution in [0, 0.1) is 35.5 Å². The minimum absolute atomic E-state index is 0.179. The average molecular weight is 712 g/mol. The Morgan fingerprint density at radius 2 is 0.784 bits per heavy atom. The van der Waals surface area contributed by atoms with Crippen molar-refractivity contribution >= 4 is 33.7 Å². The molecule has 4 aromatic carbocycles.